The fourth-order valence-corrected chi connectivity index (χ4v) is 3.11. The molecule has 19 heavy (non-hydrogen) atoms. The van der Waals surface area contributed by atoms with Crippen LogP contribution >= 0.6 is 0 Å². The fourth-order valence-electron chi connectivity index (χ4n) is 3.11. The molecule has 1 aliphatic heterocycles. The van der Waals surface area contributed by atoms with E-state index < -0.39 is 12.2 Å². The predicted octanol–water partition coefficient (Wildman–Crippen LogP) is -0.0910. The summed E-state index contributed by atoms with van der Waals surface area (Å²) < 4.78 is 5.47. The van der Waals surface area contributed by atoms with Gasteiger partial charge in [0.05, 0.1) is 27.8 Å². The van der Waals surface area contributed by atoms with E-state index in [2.05, 4.69) is 0 Å². The molecule has 1 saturated heterocycles. The summed E-state index contributed by atoms with van der Waals surface area (Å²) in [5.41, 5.74) is 0.924. The zero-order valence-corrected chi connectivity index (χ0v) is 11.5. The third kappa shape index (κ3) is 2.23. The topological polar surface area (TPSA) is 69.9 Å². The van der Waals surface area contributed by atoms with E-state index in [0.29, 0.717) is 4.48 Å². The van der Waals surface area contributed by atoms with Gasteiger partial charge in [-0.25, -0.2) is 0 Å². The van der Waals surface area contributed by atoms with Crippen LogP contribution in [0.4, 0.5) is 0 Å². The Morgan fingerprint density at radius 3 is 2.11 bits per heavy atom. The van der Waals surface area contributed by atoms with Gasteiger partial charge in [0.2, 0.25) is 0 Å². The molecule has 4 atom stereocenters. The minimum absolute atomic E-state index is 0.155. The van der Waals surface area contributed by atoms with Gasteiger partial charge in [-0.05, 0) is 24.3 Å². The Morgan fingerprint density at radius 1 is 1.11 bits per heavy atom. The Kier molecular flexibility index (Phi) is 3.82. The van der Waals surface area contributed by atoms with Crippen LogP contribution < -0.4 is 4.74 Å². The second-order valence-electron chi connectivity index (χ2n) is 5.58. The molecule has 0 unspecified atom stereocenters. The van der Waals surface area contributed by atoms with Crippen LogP contribution in [-0.4, -0.2) is 65.9 Å². The first kappa shape index (κ1) is 14.3. The van der Waals surface area contributed by atoms with Crippen LogP contribution in [0.5, 0.6) is 5.75 Å². The van der Waals surface area contributed by atoms with Crippen molar-refractivity contribution >= 4 is 0 Å². The third-order valence-electron chi connectivity index (χ3n) is 4.28. The Bertz CT molecular complexity index is 432. The summed E-state index contributed by atoms with van der Waals surface area (Å²) in [4.78, 5) is 0. The lowest BCUT2D eigenvalue weighted by Crippen LogP contribution is -2.50. The summed E-state index contributed by atoms with van der Waals surface area (Å²) in [6, 6.07) is 6.79. The van der Waals surface area contributed by atoms with Crippen LogP contribution in [0.25, 0.3) is 0 Å². The van der Waals surface area contributed by atoms with Gasteiger partial charge in [-0.15, -0.1) is 0 Å². The monoisotopic (exact) mass is 268 g/mol. The summed E-state index contributed by atoms with van der Waals surface area (Å²) in [5.74, 6) is 0.751. The second-order valence-corrected chi connectivity index (χ2v) is 5.58. The summed E-state index contributed by atoms with van der Waals surface area (Å²) in [5, 5.41) is 29.8. The van der Waals surface area contributed by atoms with Crippen molar-refractivity contribution in [3.63, 3.8) is 0 Å². The smallest absolute Gasteiger partial charge is 0.144 e. The van der Waals surface area contributed by atoms with E-state index in [0.717, 1.165) is 11.3 Å². The average Bonchev–Trinajstić information content (AvgIpc) is 2.56. The molecule has 5 nitrogen and oxygen atoms in total. The van der Waals surface area contributed by atoms with Gasteiger partial charge in [-0.1, -0.05) is 0 Å². The normalized spacial score (nSPS) is 33.4. The molecule has 0 radical (unpaired) electrons. The molecule has 1 aliphatic rings. The molecule has 106 valence electrons. The number of rotatable bonds is 3. The maximum atomic E-state index is 10.3. The van der Waals surface area contributed by atoms with Gasteiger partial charge in [-0.3, -0.25) is 0 Å². The highest BCUT2D eigenvalue weighted by atomic mass is 16.5. The van der Waals surface area contributed by atoms with E-state index in [1.54, 1.807) is 7.11 Å². The molecule has 1 aromatic rings. The summed E-state index contributed by atoms with van der Waals surface area (Å²) in [6.07, 6.45) is -1.81. The van der Waals surface area contributed by atoms with E-state index in [4.69, 9.17) is 4.74 Å². The number of aliphatic hydroxyl groups excluding tert-OH is 3. The molecule has 3 N–H and O–H groups in total. The van der Waals surface area contributed by atoms with Crippen molar-refractivity contribution < 1.29 is 24.5 Å². The van der Waals surface area contributed by atoms with Gasteiger partial charge in [-0.2, -0.15) is 0 Å². The number of hydrogen-bond acceptors (Lipinski definition) is 4. The number of likely N-dealkylation sites (N-methyl/N-ethyl adjacent to an activating group) is 1. The highest BCUT2D eigenvalue weighted by Crippen LogP contribution is 2.41. The first-order chi connectivity index (χ1) is 8.93. The van der Waals surface area contributed by atoms with Crippen LogP contribution in [-0.2, 0) is 0 Å². The minimum Gasteiger partial charge on any atom is -0.497 e. The molecule has 2 rings (SSSR count). The van der Waals surface area contributed by atoms with Crippen LogP contribution in [0.2, 0.25) is 0 Å². The van der Waals surface area contributed by atoms with Crippen molar-refractivity contribution in [2.24, 2.45) is 0 Å². The fraction of sp³-hybridized carbons (Fsp3) is 0.571. The molecule has 0 spiro atoms. The van der Waals surface area contributed by atoms with Crippen molar-refractivity contribution in [1.29, 1.82) is 0 Å². The largest absolute Gasteiger partial charge is 0.497 e. The van der Waals surface area contributed by atoms with Crippen molar-refractivity contribution in [2.75, 3.05) is 27.8 Å². The van der Waals surface area contributed by atoms with Gasteiger partial charge in [0, 0.05) is 5.56 Å². The van der Waals surface area contributed by atoms with Gasteiger partial charge >= 0.3 is 0 Å². The lowest BCUT2D eigenvalue weighted by atomic mass is 10.0. The van der Waals surface area contributed by atoms with E-state index in [1.807, 2.05) is 38.4 Å². The number of nitrogens with zero attached hydrogens (tertiary/aromatic N) is 1. The summed E-state index contributed by atoms with van der Waals surface area (Å²) in [7, 11) is 5.43. The molecular weight excluding hydrogens is 246 g/mol. The maximum Gasteiger partial charge on any atom is 0.144 e. The molecule has 0 aromatic heterocycles. The minimum atomic E-state index is -0.924. The number of benzene rings is 1. The molecule has 0 amide bonds. The van der Waals surface area contributed by atoms with E-state index in [1.165, 1.54) is 0 Å². The molecule has 1 heterocycles. The molecule has 0 bridgehead atoms. The molecule has 0 saturated carbocycles. The molecule has 0 aliphatic carbocycles. The van der Waals surface area contributed by atoms with E-state index in [-0.39, 0.29) is 18.7 Å². The lowest BCUT2D eigenvalue weighted by Gasteiger charge is -2.37. The number of methoxy groups -OCH3 is 1. The van der Waals surface area contributed by atoms with E-state index in [9.17, 15) is 15.3 Å². The predicted molar refractivity (Wildman–Crippen MR) is 70.7 cm³/mol. The quantitative estimate of drug-likeness (QED) is 0.670. The van der Waals surface area contributed by atoms with Crippen LogP contribution in [0.1, 0.15) is 11.6 Å². The number of ether oxygens (including phenoxy) is 1. The SMILES string of the molecule is COc1ccc([C@@H]2[C@@H](O)[C@H](O)[C@@H](CO)[N+]2(C)C)cc1. The van der Waals surface area contributed by atoms with Gasteiger partial charge in [0.1, 0.15) is 30.0 Å². The number of quaternary nitrogens is 1. The van der Waals surface area contributed by atoms with Crippen LogP contribution in [0, 0.1) is 0 Å². The Balaban J connectivity index is 2.36. The zero-order valence-electron chi connectivity index (χ0n) is 11.5. The van der Waals surface area contributed by atoms with Gasteiger partial charge in [0.15, 0.2) is 0 Å². The van der Waals surface area contributed by atoms with Crippen molar-refractivity contribution in [1.82, 2.24) is 0 Å². The summed E-state index contributed by atoms with van der Waals surface area (Å²) >= 11 is 0. The zero-order chi connectivity index (χ0) is 14.2. The van der Waals surface area contributed by atoms with Crippen molar-refractivity contribution in [3.8, 4) is 5.75 Å². The van der Waals surface area contributed by atoms with Crippen LogP contribution in [0.3, 0.4) is 0 Å². The van der Waals surface area contributed by atoms with Crippen molar-refractivity contribution in [3.05, 3.63) is 29.8 Å². The van der Waals surface area contributed by atoms with Gasteiger partial charge in [0.25, 0.3) is 0 Å². The molecule has 1 fully saturated rings. The number of hydrogen-bond donors (Lipinski definition) is 3. The standard InChI is InChI=1S/C14H22NO4/c1-15(2)11(8-16)13(17)14(18)12(15)9-4-6-10(19-3)7-5-9/h4-7,11-14,16-18H,8H2,1-3H3/q+1/t11-,12-,13-,14-/m1/s1. The second kappa shape index (κ2) is 5.09. The van der Waals surface area contributed by atoms with Gasteiger partial charge < -0.3 is 24.5 Å². The van der Waals surface area contributed by atoms with Crippen LogP contribution in [0.15, 0.2) is 24.3 Å². The van der Waals surface area contributed by atoms with Crippen molar-refractivity contribution in [2.45, 2.75) is 24.3 Å². The Morgan fingerprint density at radius 2 is 1.68 bits per heavy atom. The Hall–Kier alpha value is -1.14. The first-order valence-electron chi connectivity index (χ1n) is 6.37. The first-order valence-corrected chi connectivity index (χ1v) is 6.37. The average molecular weight is 268 g/mol. The maximum absolute atomic E-state index is 10.3. The van der Waals surface area contributed by atoms with E-state index >= 15 is 0 Å². The lowest BCUT2D eigenvalue weighted by molar-refractivity contribution is -0.934. The third-order valence-corrected chi connectivity index (χ3v) is 4.28. The highest BCUT2D eigenvalue weighted by molar-refractivity contribution is 5.29. The molecular formula is C14H22NO4+. The molecule has 1 aromatic carbocycles. The highest BCUT2D eigenvalue weighted by Gasteiger charge is 2.56. The molecule has 5 heteroatoms. The number of likely N-dealkylation sites (tertiary alicyclic amines) is 1. The summed E-state index contributed by atoms with van der Waals surface area (Å²) in [6.45, 7) is -0.155. The Labute approximate surface area is 113 Å². The number of aliphatic hydroxyl groups is 3.